The highest BCUT2D eigenvalue weighted by Crippen LogP contribution is 2.40. The third kappa shape index (κ3) is 6.65. The van der Waals surface area contributed by atoms with Crippen LogP contribution in [0.15, 0.2) is 84.9 Å². The molecule has 4 rings (SSSR count). The van der Waals surface area contributed by atoms with E-state index in [9.17, 15) is 9.90 Å². The first kappa shape index (κ1) is 29.9. The molecule has 41 heavy (non-hydrogen) atoms. The van der Waals surface area contributed by atoms with Gasteiger partial charge in [0.1, 0.15) is 0 Å². The number of nitrogens with zero attached hydrogens (tertiary/aromatic N) is 2. The largest absolute Gasteiger partial charge is 0.478 e. The SMILES string of the molecule is CCN(CC)c1ccc(C(c2ccccc2C)c2ccc(N(C)Cc3ccc(C)cc3)cc2C(=O)O)cc1C(C)C. The van der Waals surface area contributed by atoms with Gasteiger partial charge in [-0.25, -0.2) is 4.79 Å². The number of carboxylic acid groups (broad SMARTS) is 1. The molecule has 0 bridgehead atoms. The lowest BCUT2D eigenvalue weighted by atomic mass is 9.79. The van der Waals surface area contributed by atoms with Gasteiger partial charge in [0.2, 0.25) is 0 Å². The zero-order valence-electron chi connectivity index (χ0n) is 25.6. The van der Waals surface area contributed by atoms with Crippen LogP contribution in [0.2, 0.25) is 0 Å². The van der Waals surface area contributed by atoms with E-state index in [2.05, 4.69) is 112 Å². The first-order valence-corrected chi connectivity index (χ1v) is 14.7. The van der Waals surface area contributed by atoms with Gasteiger partial charge in [0.05, 0.1) is 5.56 Å². The van der Waals surface area contributed by atoms with E-state index in [-0.39, 0.29) is 5.92 Å². The van der Waals surface area contributed by atoms with E-state index in [1.807, 2.05) is 31.3 Å². The number of rotatable bonds is 11. The average molecular weight is 549 g/mol. The van der Waals surface area contributed by atoms with E-state index in [0.29, 0.717) is 18.0 Å². The Morgan fingerprint density at radius 2 is 1.49 bits per heavy atom. The van der Waals surface area contributed by atoms with Crippen LogP contribution < -0.4 is 9.80 Å². The van der Waals surface area contributed by atoms with Gasteiger partial charge in [0.15, 0.2) is 0 Å². The molecule has 1 unspecified atom stereocenters. The average Bonchev–Trinajstić information content (AvgIpc) is 2.96. The first-order valence-electron chi connectivity index (χ1n) is 14.7. The van der Waals surface area contributed by atoms with Gasteiger partial charge < -0.3 is 14.9 Å². The van der Waals surface area contributed by atoms with Gasteiger partial charge in [0, 0.05) is 44.0 Å². The minimum atomic E-state index is -0.909. The maximum Gasteiger partial charge on any atom is 0.336 e. The molecule has 0 aliphatic rings. The summed E-state index contributed by atoms with van der Waals surface area (Å²) in [6, 6.07) is 29.5. The maximum atomic E-state index is 12.8. The quantitative estimate of drug-likeness (QED) is 0.190. The normalized spacial score (nSPS) is 11.9. The summed E-state index contributed by atoms with van der Waals surface area (Å²) < 4.78 is 0. The molecule has 4 nitrogen and oxygen atoms in total. The van der Waals surface area contributed by atoms with Crippen molar-refractivity contribution in [3.05, 3.63) is 129 Å². The van der Waals surface area contributed by atoms with Gasteiger partial charge in [0.25, 0.3) is 0 Å². The molecule has 0 fully saturated rings. The summed E-state index contributed by atoms with van der Waals surface area (Å²) in [6.07, 6.45) is 0. The number of hydrogen-bond acceptors (Lipinski definition) is 3. The zero-order valence-corrected chi connectivity index (χ0v) is 25.6. The van der Waals surface area contributed by atoms with E-state index < -0.39 is 5.97 Å². The van der Waals surface area contributed by atoms with Crippen molar-refractivity contribution in [3.8, 4) is 0 Å². The van der Waals surface area contributed by atoms with Crippen LogP contribution in [0.3, 0.4) is 0 Å². The molecule has 0 amide bonds. The van der Waals surface area contributed by atoms with Gasteiger partial charge in [-0.15, -0.1) is 0 Å². The second-order valence-electron chi connectivity index (χ2n) is 11.4. The predicted molar refractivity (Wildman–Crippen MR) is 173 cm³/mol. The third-order valence-electron chi connectivity index (χ3n) is 8.17. The molecule has 0 spiro atoms. The van der Waals surface area contributed by atoms with Crippen molar-refractivity contribution in [3.63, 3.8) is 0 Å². The smallest absolute Gasteiger partial charge is 0.336 e. The molecule has 0 aromatic heterocycles. The Bertz CT molecular complexity index is 1490. The summed E-state index contributed by atoms with van der Waals surface area (Å²) in [4.78, 5) is 17.3. The lowest BCUT2D eigenvalue weighted by Crippen LogP contribution is -2.23. The molecule has 0 radical (unpaired) electrons. The summed E-state index contributed by atoms with van der Waals surface area (Å²) in [5, 5.41) is 10.5. The molecule has 0 saturated heterocycles. The molecule has 0 aliphatic heterocycles. The predicted octanol–water partition coefficient (Wildman–Crippen LogP) is 8.79. The molecule has 4 aromatic carbocycles. The number of aromatic carboxylic acids is 1. The topological polar surface area (TPSA) is 43.8 Å². The number of hydrogen-bond donors (Lipinski definition) is 1. The molecule has 214 valence electrons. The molecule has 0 saturated carbocycles. The Morgan fingerprint density at radius 1 is 0.805 bits per heavy atom. The lowest BCUT2D eigenvalue weighted by Gasteiger charge is -2.29. The van der Waals surface area contributed by atoms with Crippen molar-refractivity contribution >= 4 is 17.3 Å². The lowest BCUT2D eigenvalue weighted by molar-refractivity contribution is 0.0695. The fourth-order valence-electron chi connectivity index (χ4n) is 5.78. The molecular formula is C37H44N2O2. The van der Waals surface area contributed by atoms with Crippen LogP contribution in [0, 0.1) is 13.8 Å². The van der Waals surface area contributed by atoms with Gasteiger partial charge >= 0.3 is 5.97 Å². The van der Waals surface area contributed by atoms with E-state index in [1.54, 1.807) is 0 Å². The van der Waals surface area contributed by atoms with Crippen molar-refractivity contribution in [1.82, 2.24) is 0 Å². The monoisotopic (exact) mass is 548 g/mol. The maximum absolute atomic E-state index is 12.8. The zero-order chi connectivity index (χ0) is 29.7. The van der Waals surface area contributed by atoms with Crippen LogP contribution in [-0.2, 0) is 6.54 Å². The highest BCUT2D eigenvalue weighted by atomic mass is 16.4. The Balaban J connectivity index is 1.85. The molecule has 4 aromatic rings. The van der Waals surface area contributed by atoms with Crippen LogP contribution in [0.5, 0.6) is 0 Å². The van der Waals surface area contributed by atoms with Crippen molar-refractivity contribution in [2.24, 2.45) is 0 Å². The second kappa shape index (κ2) is 13.1. The second-order valence-corrected chi connectivity index (χ2v) is 11.4. The Kier molecular flexibility index (Phi) is 9.54. The van der Waals surface area contributed by atoms with E-state index >= 15 is 0 Å². The number of aryl methyl sites for hydroxylation is 2. The van der Waals surface area contributed by atoms with E-state index in [1.165, 1.54) is 22.4 Å². The number of carbonyl (C=O) groups is 1. The fourth-order valence-corrected chi connectivity index (χ4v) is 5.78. The molecular weight excluding hydrogens is 504 g/mol. The Morgan fingerprint density at radius 3 is 2.10 bits per heavy atom. The van der Waals surface area contributed by atoms with Crippen LogP contribution in [0.4, 0.5) is 11.4 Å². The minimum absolute atomic E-state index is 0.206. The van der Waals surface area contributed by atoms with Crippen molar-refractivity contribution in [1.29, 1.82) is 0 Å². The van der Waals surface area contributed by atoms with Crippen LogP contribution >= 0.6 is 0 Å². The summed E-state index contributed by atoms with van der Waals surface area (Å²) in [5.74, 6) is -0.783. The number of benzene rings is 4. The molecule has 4 heteroatoms. The van der Waals surface area contributed by atoms with Gasteiger partial charge in [-0.3, -0.25) is 0 Å². The standard InChI is InChI=1S/C37H44N2O2/c1-8-39(9-2)35-21-18-29(22-33(35)25(3)4)36(31-13-11-10-12-27(31)6)32-20-19-30(23-34(32)37(40)41)38(7)24-28-16-14-26(5)15-17-28/h10-23,25,36H,8-9,24H2,1-7H3,(H,40,41). The third-order valence-corrected chi connectivity index (χ3v) is 8.17. The van der Waals surface area contributed by atoms with E-state index in [4.69, 9.17) is 0 Å². The van der Waals surface area contributed by atoms with E-state index in [0.717, 1.165) is 41.0 Å². The summed E-state index contributed by atoms with van der Waals surface area (Å²) in [5.41, 5.74) is 10.4. The molecule has 1 N–H and O–H groups in total. The first-order chi connectivity index (χ1) is 19.6. The Hall–Kier alpha value is -4.05. The molecule has 1 atom stereocenters. The van der Waals surface area contributed by atoms with Crippen LogP contribution in [-0.4, -0.2) is 31.2 Å². The highest BCUT2D eigenvalue weighted by molar-refractivity contribution is 5.91. The van der Waals surface area contributed by atoms with Crippen molar-refractivity contribution < 1.29 is 9.90 Å². The fraction of sp³-hybridized carbons (Fsp3) is 0.324. The summed E-state index contributed by atoms with van der Waals surface area (Å²) in [7, 11) is 2.01. The van der Waals surface area contributed by atoms with Crippen LogP contribution in [0.1, 0.15) is 88.8 Å². The number of anilines is 2. The Labute approximate surface area is 246 Å². The minimum Gasteiger partial charge on any atom is -0.478 e. The summed E-state index contributed by atoms with van der Waals surface area (Å²) in [6.45, 7) is 15.6. The van der Waals surface area contributed by atoms with Crippen molar-refractivity contribution in [2.45, 2.75) is 59.9 Å². The molecule has 0 heterocycles. The van der Waals surface area contributed by atoms with Crippen molar-refractivity contribution in [2.75, 3.05) is 29.9 Å². The number of carboxylic acids is 1. The molecule has 0 aliphatic carbocycles. The van der Waals surface area contributed by atoms with Gasteiger partial charge in [-0.1, -0.05) is 86.1 Å². The highest BCUT2D eigenvalue weighted by Gasteiger charge is 2.26. The van der Waals surface area contributed by atoms with Gasteiger partial charge in [-0.2, -0.15) is 0 Å². The van der Waals surface area contributed by atoms with Crippen LogP contribution in [0.25, 0.3) is 0 Å². The summed E-state index contributed by atoms with van der Waals surface area (Å²) >= 11 is 0. The van der Waals surface area contributed by atoms with Gasteiger partial charge in [-0.05, 0) is 85.2 Å².